The van der Waals surface area contributed by atoms with Crippen molar-refractivity contribution in [2.24, 2.45) is 5.92 Å². The molecule has 0 bridgehead atoms. The van der Waals surface area contributed by atoms with Crippen LogP contribution in [0.1, 0.15) is 51.0 Å². The van der Waals surface area contributed by atoms with Crippen LogP contribution in [0.15, 0.2) is 24.3 Å². The van der Waals surface area contributed by atoms with Gasteiger partial charge in [-0.15, -0.1) is 0 Å². The first-order valence-corrected chi connectivity index (χ1v) is 9.27. The molecule has 0 aromatic heterocycles. The molecule has 6 nitrogen and oxygen atoms in total. The molecule has 0 unspecified atom stereocenters. The molecule has 0 radical (unpaired) electrons. The van der Waals surface area contributed by atoms with Crippen molar-refractivity contribution in [3.63, 3.8) is 0 Å². The summed E-state index contributed by atoms with van der Waals surface area (Å²) in [4.78, 5) is 36.0. The number of nitrogens with one attached hydrogen (secondary N) is 2. The maximum atomic E-state index is 12.4. The zero-order chi connectivity index (χ0) is 19.1. The third-order valence-corrected chi connectivity index (χ3v) is 4.69. The molecular formula is C19H25ClN2O4. The molecule has 0 spiro atoms. The fourth-order valence-electron chi connectivity index (χ4n) is 3.14. The zero-order valence-corrected chi connectivity index (χ0v) is 15.8. The number of amides is 3. The molecule has 1 aromatic rings. The van der Waals surface area contributed by atoms with Crippen LogP contribution in [0.2, 0.25) is 5.02 Å². The van der Waals surface area contributed by atoms with Gasteiger partial charge in [0.1, 0.15) is 0 Å². The number of imide groups is 1. The number of esters is 1. The molecule has 1 aliphatic carbocycles. The van der Waals surface area contributed by atoms with Crippen molar-refractivity contribution in [3.8, 4) is 0 Å². The summed E-state index contributed by atoms with van der Waals surface area (Å²) >= 11 is 5.88. The van der Waals surface area contributed by atoms with Gasteiger partial charge >= 0.3 is 12.0 Å². The number of hydrogen-bond donors (Lipinski definition) is 2. The number of hydrogen-bond acceptors (Lipinski definition) is 4. The van der Waals surface area contributed by atoms with Crippen LogP contribution in [-0.2, 0) is 14.3 Å². The van der Waals surface area contributed by atoms with Crippen LogP contribution in [0, 0.1) is 5.92 Å². The maximum Gasteiger partial charge on any atom is 0.321 e. The molecule has 1 atom stereocenters. The van der Waals surface area contributed by atoms with Crippen molar-refractivity contribution < 1.29 is 19.1 Å². The Kier molecular flexibility index (Phi) is 7.45. The van der Waals surface area contributed by atoms with E-state index in [9.17, 15) is 14.4 Å². The molecule has 0 saturated heterocycles. The molecule has 2 N–H and O–H groups in total. The third-order valence-electron chi connectivity index (χ3n) is 4.44. The summed E-state index contributed by atoms with van der Waals surface area (Å²) in [6.07, 6.45) is 4.01. The molecule has 7 heteroatoms. The van der Waals surface area contributed by atoms with E-state index in [-0.39, 0.29) is 12.0 Å². The van der Waals surface area contributed by atoms with E-state index in [0.29, 0.717) is 5.02 Å². The van der Waals surface area contributed by atoms with Gasteiger partial charge in [0.25, 0.3) is 5.91 Å². The van der Waals surface area contributed by atoms with E-state index >= 15 is 0 Å². The minimum atomic E-state index is -0.646. The molecule has 0 aliphatic heterocycles. The van der Waals surface area contributed by atoms with Crippen LogP contribution in [0.25, 0.3) is 0 Å². The van der Waals surface area contributed by atoms with Gasteiger partial charge < -0.3 is 10.1 Å². The van der Waals surface area contributed by atoms with Gasteiger partial charge in [0.2, 0.25) is 0 Å². The van der Waals surface area contributed by atoms with Crippen molar-refractivity contribution in [2.45, 2.75) is 51.5 Å². The molecule has 2 rings (SSSR count). The maximum absolute atomic E-state index is 12.4. The number of carbonyl (C=O) groups excluding carboxylic acids is 3. The number of rotatable bonds is 6. The monoisotopic (exact) mass is 380 g/mol. The zero-order valence-electron chi connectivity index (χ0n) is 15.1. The summed E-state index contributed by atoms with van der Waals surface area (Å²) in [5, 5.41) is 5.52. The first kappa shape index (κ1) is 20.2. The Morgan fingerprint density at radius 3 is 2.35 bits per heavy atom. The van der Waals surface area contributed by atoms with Crippen LogP contribution in [-0.4, -0.2) is 30.6 Å². The molecule has 26 heavy (non-hydrogen) atoms. The summed E-state index contributed by atoms with van der Waals surface area (Å²) < 4.78 is 5.12. The average Bonchev–Trinajstić information content (AvgIpc) is 3.07. The van der Waals surface area contributed by atoms with Crippen LogP contribution >= 0.6 is 11.6 Å². The summed E-state index contributed by atoms with van der Waals surface area (Å²) in [5.41, 5.74) is 0.772. The Morgan fingerprint density at radius 2 is 1.77 bits per heavy atom. The van der Waals surface area contributed by atoms with Crippen molar-refractivity contribution in [1.82, 2.24) is 10.6 Å². The lowest BCUT2D eigenvalue weighted by Gasteiger charge is -2.20. The van der Waals surface area contributed by atoms with Gasteiger partial charge in [-0.3, -0.25) is 14.9 Å². The molecule has 1 aliphatic rings. The highest BCUT2D eigenvalue weighted by molar-refractivity contribution is 6.30. The Bertz CT molecular complexity index is 639. The van der Waals surface area contributed by atoms with Crippen LogP contribution in [0.4, 0.5) is 4.79 Å². The van der Waals surface area contributed by atoms with Gasteiger partial charge in [0, 0.05) is 11.1 Å². The Hall–Kier alpha value is -2.08. The third kappa shape index (κ3) is 6.02. The SMILES string of the molecule is CC(C)[C@H](C(=O)OCC(=O)NC(=O)NC1CCCC1)c1ccc(Cl)cc1. The predicted octanol–water partition coefficient (Wildman–Crippen LogP) is 3.39. The minimum absolute atomic E-state index is 0.0163. The number of urea groups is 1. The normalized spacial score (nSPS) is 15.5. The number of benzene rings is 1. The highest BCUT2D eigenvalue weighted by atomic mass is 35.5. The largest absolute Gasteiger partial charge is 0.455 e. The molecule has 1 saturated carbocycles. The van der Waals surface area contributed by atoms with Crippen molar-refractivity contribution in [1.29, 1.82) is 0 Å². The minimum Gasteiger partial charge on any atom is -0.455 e. The second-order valence-corrected chi connectivity index (χ2v) is 7.32. The fraction of sp³-hybridized carbons (Fsp3) is 0.526. The molecule has 1 aromatic carbocycles. The second kappa shape index (κ2) is 9.57. The molecule has 142 valence electrons. The lowest BCUT2D eigenvalue weighted by Crippen LogP contribution is -2.45. The summed E-state index contributed by atoms with van der Waals surface area (Å²) in [7, 11) is 0. The average molecular weight is 381 g/mol. The van der Waals surface area contributed by atoms with Crippen molar-refractivity contribution in [2.75, 3.05) is 6.61 Å². The molecule has 1 fully saturated rings. The Labute approximate surface area is 158 Å². The van der Waals surface area contributed by atoms with E-state index in [4.69, 9.17) is 16.3 Å². The fourth-order valence-corrected chi connectivity index (χ4v) is 3.27. The van der Waals surface area contributed by atoms with E-state index < -0.39 is 30.4 Å². The Morgan fingerprint density at radius 1 is 1.15 bits per heavy atom. The highest BCUT2D eigenvalue weighted by Gasteiger charge is 2.26. The van der Waals surface area contributed by atoms with Crippen LogP contribution in [0.3, 0.4) is 0 Å². The molecule has 0 heterocycles. The van der Waals surface area contributed by atoms with E-state index in [2.05, 4.69) is 10.6 Å². The first-order valence-electron chi connectivity index (χ1n) is 8.89. The first-order chi connectivity index (χ1) is 12.4. The lowest BCUT2D eigenvalue weighted by molar-refractivity contribution is -0.150. The van der Waals surface area contributed by atoms with E-state index in [0.717, 1.165) is 31.2 Å². The molecular weight excluding hydrogens is 356 g/mol. The number of ether oxygens (including phenoxy) is 1. The van der Waals surface area contributed by atoms with Gasteiger partial charge in [-0.05, 0) is 36.5 Å². The number of carbonyl (C=O) groups is 3. The van der Waals surface area contributed by atoms with Gasteiger partial charge in [-0.2, -0.15) is 0 Å². The van der Waals surface area contributed by atoms with E-state index in [1.165, 1.54) is 0 Å². The Balaban J connectivity index is 1.83. The van der Waals surface area contributed by atoms with Gasteiger partial charge in [0.05, 0.1) is 5.92 Å². The van der Waals surface area contributed by atoms with Gasteiger partial charge in [-0.25, -0.2) is 4.79 Å². The van der Waals surface area contributed by atoms with Gasteiger partial charge in [0.15, 0.2) is 6.61 Å². The summed E-state index contributed by atoms with van der Waals surface area (Å²) in [5.74, 6) is -1.68. The smallest absolute Gasteiger partial charge is 0.321 e. The van der Waals surface area contributed by atoms with Crippen molar-refractivity contribution >= 4 is 29.5 Å². The molecule has 3 amide bonds. The second-order valence-electron chi connectivity index (χ2n) is 6.88. The standard InChI is InChI=1S/C19H25ClN2O4/c1-12(2)17(13-7-9-14(20)10-8-13)18(24)26-11-16(23)22-19(25)21-15-5-3-4-6-15/h7-10,12,15,17H,3-6,11H2,1-2H3,(H2,21,22,23,25)/t17-/m0/s1. The van der Waals surface area contributed by atoms with E-state index in [1.807, 2.05) is 13.8 Å². The predicted molar refractivity (Wildman–Crippen MR) is 98.9 cm³/mol. The van der Waals surface area contributed by atoms with Crippen LogP contribution < -0.4 is 10.6 Å². The van der Waals surface area contributed by atoms with Crippen molar-refractivity contribution in [3.05, 3.63) is 34.9 Å². The highest BCUT2D eigenvalue weighted by Crippen LogP contribution is 2.27. The number of halogens is 1. The van der Waals surface area contributed by atoms with Crippen LogP contribution in [0.5, 0.6) is 0 Å². The van der Waals surface area contributed by atoms with Gasteiger partial charge in [-0.1, -0.05) is 50.4 Å². The van der Waals surface area contributed by atoms with E-state index in [1.54, 1.807) is 24.3 Å². The quantitative estimate of drug-likeness (QED) is 0.741. The summed E-state index contributed by atoms with van der Waals surface area (Å²) in [6, 6.07) is 6.52. The lowest BCUT2D eigenvalue weighted by atomic mass is 9.88. The topological polar surface area (TPSA) is 84.5 Å². The summed E-state index contributed by atoms with van der Waals surface area (Å²) in [6.45, 7) is 3.30.